The van der Waals surface area contributed by atoms with Crippen LogP contribution in [0.25, 0.3) is 0 Å². The van der Waals surface area contributed by atoms with E-state index < -0.39 is 5.82 Å². The lowest BCUT2D eigenvalue weighted by Crippen LogP contribution is -2.30. The van der Waals surface area contributed by atoms with E-state index in [2.05, 4.69) is 0 Å². The summed E-state index contributed by atoms with van der Waals surface area (Å²) in [6.07, 6.45) is 0. The molecule has 0 unspecified atom stereocenters. The van der Waals surface area contributed by atoms with Gasteiger partial charge in [-0.2, -0.15) is 10.5 Å². The minimum Gasteiger partial charge on any atom is -0.293 e. The molecule has 17 heavy (non-hydrogen) atoms. The number of hydrogen-bond acceptors (Lipinski definition) is 4. The largest absolute Gasteiger partial charge is 0.293 e. The summed E-state index contributed by atoms with van der Waals surface area (Å²) in [6, 6.07) is 8.93. The van der Waals surface area contributed by atoms with Crippen LogP contribution >= 0.6 is 0 Å². The second kappa shape index (κ2) is 6.37. The van der Waals surface area contributed by atoms with Gasteiger partial charge in [-0.05, 0) is 24.3 Å². The van der Waals surface area contributed by atoms with Crippen molar-refractivity contribution in [1.29, 1.82) is 10.5 Å². The third-order valence-electron chi connectivity index (χ3n) is 2.12. The molecule has 0 heterocycles. The number of benzene rings is 1. The highest BCUT2D eigenvalue weighted by Gasteiger charge is 2.11. The zero-order valence-corrected chi connectivity index (χ0v) is 9.06. The Labute approximate surface area is 98.5 Å². The predicted octanol–water partition coefficient (Wildman–Crippen LogP) is 1.36. The van der Waals surface area contributed by atoms with E-state index in [0.29, 0.717) is 5.56 Å². The number of ketones is 1. The van der Waals surface area contributed by atoms with Gasteiger partial charge in [0.2, 0.25) is 0 Å². The molecule has 0 N–H and O–H groups in total. The summed E-state index contributed by atoms with van der Waals surface area (Å²) >= 11 is 0. The fourth-order valence-corrected chi connectivity index (χ4v) is 1.30. The molecule has 0 spiro atoms. The van der Waals surface area contributed by atoms with Gasteiger partial charge < -0.3 is 0 Å². The van der Waals surface area contributed by atoms with Crippen LogP contribution in [0.4, 0.5) is 4.39 Å². The van der Waals surface area contributed by atoms with Crippen molar-refractivity contribution in [3.8, 4) is 12.1 Å². The van der Waals surface area contributed by atoms with Crippen LogP contribution in [-0.2, 0) is 0 Å². The second-order valence-corrected chi connectivity index (χ2v) is 3.39. The molecule has 0 aliphatic carbocycles. The van der Waals surface area contributed by atoms with Crippen molar-refractivity contribution < 1.29 is 9.18 Å². The summed E-state index contributed by atoms with van der Waals surface area (Å²) in [4.78, 5) is 13.2. The van der Waals surface area contributed by atoms with E-state index in [-0.39, 0.29) is 25.4 Å². The van der Waals surface area contributed by atoms with Gasteiger partial charge in [0.05, 0.1) is 31.8 Å². The van der Waals surface area contributed by atoms with E-state index in [1.807, 2.05) is 12.1 Å². The van der Waals surface area contributed by atoms with Gasteiger partial charge in [0.1, 0.15) is 5.82 Å². The predicted molar refractivity (Wildman–Crippen MR) is 58.4 cm³/mol. The molecule has 0 saturated heterocycles. The molecule has 1 aromatic carbocycles. The van der Waals surface area contributed by atoms with Crippen LogP contribution in [0.1, 0.15) is 10.4 Å². The van der Waals surface area contributed by atoms with Crippen molar-refractivity contribution in [2.75, 3.05) is 19.6 Å². The molecule has 0 atom stereocenters. The first kappa shape index (κ1) is 12.8. The molecule has 0 fully saturated rings. The van der Waals surface area contributed by atoms with Crippen molar-refractivity contribution in [2.45, 2.75) is 0 Å². The Kier molecular flexibility index (Phi) is 4.80. The maximum Gasteiger partial charge on any atom is 0.176 e. The minimum atomic E-state index is -0.410. The lowest BCUT2D eigenvalue weighted by molar-refractivity contribution is 0.0946. The third kappa shape index (κ3) is 4.02. The van der Waals surface area contributed by atoms with Crippen molar-refractivity contribution in [2.24, 2.45) is 0 Å². The molecule has 0 aromatic heterocycles. The number of rotatable bonds is 5. The molecule has 4 nitrogen and oxygen atoms in total. The van der Waals surface area contributed by atoms with Gasteiger partial charge in [0.25, 0.3) is 0 Å². The van der Waals surface area contributed by atoms with E-state index >= 15 is 0 Å². The zero-order valence-electron chi connectivity index (χ0n) is 9.06. The maximum absolute atomic E-state index is 12.6. The molecule has 0 bridgehead atoms. The summed E-state index contributed by atoms with van der Waals surface area (Å²) < 4.78 is 12.6. The van der Waals surface area contributed by atoms with Crippen LogP contribution < -0.4 is 0 Å². The molecule has 86 valence electrons. The molecular formula is C12H10FN3O. The Bertz CT molecular complexity index is 454. The van der Waals surface area contributed by atoms with E-state index in [1.165, 1.54) is 29.2 Å². The molecule has 0 amide bonds. The van der Waals surface area contributed by atoms with E-state index in [9.17, 15) is 9.18 Å². The van der Waals surface area contributed by atoms with Crippen LogP contribution in [0.3, 0.4) is 0 Å². The van der Waals surface area contributed by atoms with Crippen LogP contribution in [0, 0.1) is 28.5 Å². The highest BCUT2D eigenvalue weighted by atomic mass is 19.1. The molecule has 0 aliphatic rings. The number of hydrogen-bond donors (Lipinski definition) is 0. The van der Waals surface area contributed by atoms with Crippen LogP contribution in [0.2, 0.25) is 0 Å². The number of carbonyl (C=O) groups excluding carboxylic acids is 1. The third-order valence-corrected chi connectivity index (χ3v) is 2.12. The summed E-state index contributed by atoms with van der Waals surface area (Å²) in [7, 11) is 0. The monoisotopic (exact) mass is 231 g/mol. The summed E-state index contributed by atoms with van der Waals surface area (Å²) in [5, 5.41) is 17.0. The van der Waals surface area contributed by atoms with Gasteiger partial charge in [-0.15, -0.1) is 0 Å². The molecule has 0 radical (unpaired) electrons. The standard InChI is InChI=1S/C12H10FN3O/c13-11-3-1-10(2-4-11)12(17)9-16(7-5-14)8-6-15/h1-4H,7-9H2. The van der Waals surface area contributed by atoms with Gasteiger partial charge >= 0.3 is 0 Å². The SMILES string of the molecule is N#CCN(CC#N)CC(=O)c1ccc(F)cc1. The van der Waals surface area contributed by atoms with Gasteiger partial charge in [-0.3, -0.25) is 9.69 Å². The lowest BCUT2D eigenvalue weighted by atomic mass is 10.1. The number of Topliss-reactive ketones (excluding diaryl/α,β-unsaturated/α-hetero) is 1. The molecule has 0 aliphatic heterocycles. The van der Waals surface area contributed by atoms with Gasteiger partial charge in [0, 0.05) is 5.56 Å². The average molecular weight is 231 g/mol. The van der Waals surface area contributed by atoms with E-state index in [1.54, 1.807) is 0 Å². The van der Waals surface area contributed by atoms with Crippen molar-refractivity contribution in [3.05, 3.63) is 35.6 Å². The van der Waals surface area contributed by atoms with Gasteiger partial charge in [-0.25, -0.2) is 4.39 Å². The zero-order chi connectivity index (χ0) is 12.7. The normalized spacial score (nSPS) is 9.65. The summed E-state index contributed by atoms with van der Waals surface area (Å²) in [5.74, 6) is -0.650. The molecule has 1 aromatic rings. The van der Waals surface area contributed by atoms with Crippen molar-refractivity contribution in [3.63, 3.8) is 0 Å². The topological polar surface area (TPSA) is 67.9 Å². The van der Waals surface area contributed by atoms with Crippen molar-refractivity contribution >= 4 is 5.78 Å². The number of nitrogens with zero attached hydrogens (tertiary/aromatic N) is 3. The maximum atomic E-state index is 12.6. The summed E-state index contributed by atoms with van der Waals surface area (Å²) in [6.45, 7) is 0.00768. The fraction of sp³-hybridized carbons (Fsp3) is 0.250. The molecule has 1 rings (SSSR count). The number of carbonyl (C=O) groups is 1. The Morgan fingerprint density at radius 3 is 2.18 bits per heavy atom. The summed E-state index contributed by atoms with van der Waals surface area (Å²) in [5.41, 5.74) is 0.368. The van der Waals surface area contributed by atoms with E-state index in [4.69, 9.17) is 10.5 Å². The minimum absolute atomic E-state index is 0.0144. The highest BCUT2D eigenvalue weighted by molar-refractivity contribution is 5.97. The highest BCUT2D eigenvalue weighted by Crippen LogP contribution is 2.04. The van der Waals surface area contributed by atoms with E-state index in [0.717, 1.165) is 0 Å². The fourth-order valence-electron chi connectivity index (χ4n) is 1.30. The Morgan fingerprint density at radius 1 is 1.18 bits per heavy atom. The lowest BCUT2D eigenvalue weighted by Gasteiger charge is -2.13. The smallest absolute Gasteiger partial charge is 0.176 e. The first-order chi connectivity index (χ1) is 8.17. The molecular weight excluding hydrogens is 221 g/mol. The quantitative estimate of drug-likeness (QED) is 0.566. The molecule has 5 heteroatoms. The Balaban J connectivity index is 2.68. The number of nitriles is 2. The first-order valence-electron chi connectivity index (χ1n) is 4.92. The van der Waals surface area contributed by atoms with Crippen molar-refractivity contribution in [1.82, 2.24) is 4.90 Å². The average Bonchev–Trinajstić information content (AvgIpc) is 2.30. The van der Waals surface area contributed by atoms with Crippen LogP contribution in [0.5, 0.6) is 0 Å². The Morgan fingerprint density at radius 2 is 1.71 bits per heavy atom. The first-order valence-corrected chi connectivity index (χ1v) is 4.92. The second-order valence-electron chi connectivity index (χ2n) is 3.39. The number of halogens is 1. The Hall–Kier alpha value is -2.24. The van der Waals surface area contributed by atoms with Crippen LogP contribution in [0.15, 0.2) is 24.3 Å². The van der Waals surface area contributed by atoms with Crippen LogP contribution in [-0.4, -0.2) is 30.3 Å². The van der Waals surface area contributed by atoms with Gasteiger partial charge in [0.15, 0.2) is 5.78 Å². The van der Waals surface area contributed by atoms with Gasteiger partial charge in [-0.1, -0.05) is 0 Å². The molecule has 0 saturated carbocycles.